The monoisotopic (exact) mass is 863 g/mol. The second-order valence-electron chi connectivity index (χ2n) is 19.8. The zero-order chi connectivity index (χ0) is 45.0. The molecule has 2 heteroatoms. The van der Waals surface area contributed by atoms with Gasteiger partial charge < -0.3 is 9.80 Å². The maximum Gasteiger partial charge on any atom is 0.0465 e. The first kappa shape index (κ1) is 46.4. The molecule has 2 nitrogen and oxygen atoms in total. The molecule has 0 amide bonds. The minimum absolute atomic E-state index is 0.0765. The molecule has 0 atom stereocenters. The second-order valence-corrected chi connectivity index (χ2v) is 19.8. The van der Waals surface area contributed by atoms with E-state index in [1.807, 2.05) is 0 Å². The van der Waals surface area contributed by atoms with E-state index in [2.05, 4.69) is 172 Å². The van der Waals surface area contributed by atoms with Gasteiger partial charge in [-0.3, -0.25) is 0 Å². The van der Waals surface area contributed by atoms with Crippen molar-refractivity contribution in [3.63, 3.8) is 0 Å². The number of benzene rings is 6. The molecule has 0 N–H and O–H groups in total. The van der Waals surface area contributed by atoms with Crippen LogP contribution in [0.3, 0.4) is 0 Å². The molecule has 340 valence electrons. The Bertz CT molecular complexity index is 2400. The average molecular weight is 863 g/mol. The molecule has 6 aromatic carbocycles. The van der Waals surface area contributed by atoms with Crippen LogP contribution in [-0.2, 0) is 24.7 Å². The van der Waals surface area contributed by atoms with Crippen molar-refractivity contribution in [1.29, 1.82) is 0 Å². The Morgan fingerprint density at radius 2 is 0.754 bits per heavy atom. The molecular weight excluding hydrogens is 785 g/mol. The van der Waals surface area contributed by atoms with Gasteiger partial charge >= 0.3 is 0 Å². The molecule has 0 saturated heterocycles. The zero-order valence-corrected chi connectivity index (χ0v) is 40.9. The van der Waals surface area contributed by atoms with E-state index in [-0.39, 0.29) is 5.41 Å². The zero-order valence-electron chi connectivity index (χ0n) is 40.9. The molecule has 6 aromatic rings. The number of anilines is 6. The van der Waals surface area contributed by atoms with E-state index in [0.29, 0.717) is 0 Å². The molecule has 0 radical (unpaired) electrons. The highest BCUT2D eigenvalue weighted by Gasteiger charge is 2.43. The van der Waals surface area contributed by atoms with Crippen molar-refractivity contribution in [3.05, 3.63) is 166 Å². The lowest BCUT2D eigenvalue weighted by molar-refractivity contribution is 0.398. The summed E-state index contributed by atoms with van der Waals surface area (Å²) in [5.74, 6) is 0. The average Bonchev–Trinajstić information content (AvgIpc) is 3.58. The summed E-state index contributed by atoms with van der Waals surface area (Å²) in [7, 11) is 0. The van der Waals surface area contributed by atoms with Crippen LogP contribution in [0, 0.1) is 13.8 Å². The van der Waals surface area contributed by atoms with E-state index in [4.69, 9.17) is 0 Å². The third kappa shape index (κ3) is 10.8. The van der Waals surface area contributed by atoms with Crippen molar-refractivity contribution in [2.45, 2.75) is 175 Å². The third-order valence-electron chi connectivity index (χ3n) is 15.0. The van der Waals surface area contributed by atoms with Gasteiger partial charge in [0.05, 0.1) is 0 Å². The first-order valence-electron chi connectivity index (χ1n) is 26.2. The molecular formula is C63H78N2. The molecule has 0 fully saturated rings. The van der Waals surface area contributed by atoms with Gasteiger partial charge in [0.2, 0.25) is 0 Å². The fraction of sp³-hybridized carbons (Fsp3) is 0.429. The Hall–Kier alpha value is -5.08. The molecule has 0 saturated carbocycles. The van der Waals surface area contributed by atoms with Gasteiger partial charge in [-0.1, -0.05) is 183 Å². The van der Waals surface area contributed by atoms with Crippen LogP contribution in [0.4, 0.5) is 34.1 Å². The van der Waals surface area contributed by atoms with Gasteiger partial charge in [-0.25, -0.2) is 0 Å². The smallest absolute Gasteiger partial charge is 0.0465 e. The minimum Gasteiger partial charge on any atom is -0.310 e. The number of hydrogen-bond acceptors (Lipinski definition) is 2. The Kier molecular flexibility index (Phi) is 16.0. The van der Waals surface area contributed by atoms with Crippen LogP contribution in [0.2, 0.25) is 0 Å². The normalized spacial score (nSPS) is 13.2. The van der Waals surface area contributed by atoms with E-state index in [1.54, 1.807) is 5.56 Å². The van der Waals surface area contributed by atoms with E-state index in [0.717, 1.165) is 6.42 Å². The van der Waals surface area contributed by atoms with Crippen molar-refractivity contribution in [1.82, 2.24) is 0 Å². The van der Waals surface area contributed by atoms with Crippen molar-refractivity contribution >= 4 is 34.1 Å². The molecule has 0 spiro atoms. The van der Waals surface area contributed by atoms with Crippen LogP contribution in [-0.4, -0.2) is 0 Å². The van der Waals surface area contributed by atoms with Crippen molar-refractivity contribution in [2.75, 3.05) is 9.80 Å². The molecule has 0 unspecified atom stereocenters. The Morgan fingerprint density at radius 3 is 1.22 bits per heavy atom. The Labute approximate surface area is 394 Å². The lowest BCUT2D eigenvalue weighted by Crippen LogP contribution is -2.26. The van der Waals surface area contributed by atoms with Crippen LogP contribution >= 0.6 is 0 Å². The van der Waals surface area contributed by atoms with Gasteiger partial charge in [-0.05, 0) is 164 Å². The van der Waals surface area contributed by atoms with Gasteiger partial charge in [-0.2, -0.15) is 0 Å². The largest absolute Gasteiger partial charge is 0.310 e. The highest BCUT2D eigenvalue weighted by molar-refractivity contribution is 5.89. The summed E-state index contributed by atoms with van der Waals surface area (Å²) in [6.45, 7) is 11.4. The quantitative estimate of drug-likeness (QED) is 0.0529. The number of nitrogens with zero attached hydrogens (tertiary/aromatic N) is 2. The fourth-order valence-electron chi connectivity index (χ4n) is 11.0. The third-order valence-corrected chi connectivity index (χ3v) is 15.0. The molecule has 2 aliphatic carbocycles. The lowest BCUT2D eigenvalue weighted by atomic mass is 9.70. The number of aryl methyl sites for hydroxylation is 5. The van der Waals surface area contributed by atoms with E-state index < -0.39 is 0 Å². The van der Waals surface area contributed by atoms with Crippen LogP contribution < -0.4 is 9.80 Å². The van der Waals surface area contributed by atoms with E-state index in [1.165, 1.54) is 207 Å². The summed E-state index contributed by atoms with van der Waals surface area (Å²) in [5, 5.41) is 0. The number of unbranched alkanes of at least 4 members (excludes halogenated alkanes) is 13. The first-order chi connectivity index (χ1) is 31.9. The minimum atomic E-state index is -0.0765. The Balaban J connectivity index is 1.25. The van der Waals surface area contributed by atoms with Crippen molar-refractivity contribution in [2.24, 2.45) is 0 Å². The maximum absolute atomic E-state index is 2.64. The summed E-state index contributed by atoms with van der Waals surface area (Å²) in [6, 6.07) is 50.2. The summed E-state index contributed by atoms with van der Waals surface area (Å²) < 4.78 is 0. The van der Waals surface area contributed by atoms with Crippen LogP contribution in [0.15, 0.2) is 127 Å². The van der Waals surface area contributed by atoms with Crippen molar-refractivity contribution in [3.8, 4) is 11.1 Å². The van der Waals surface area contributed by atoms with Gasteiger partial charge in [-0.15, -0.1) is 0 Å². The lowest BCUT2D eigenvalue weighted by Gasteiger charge is -2.35. The summed E-state index contributed by atoms with van der Waals surface area (Å²) >= 11 is 0. The maximum atomic E-state index is 2.64. The van der Waals surface area contributed by atoms with Gasteiger partial charge in [0.1, 0.15) is 0 Å². The molecule has 0 aromatic heterocycles. The molecule has 0 bridgehead atoms. The Morgan fingerprint density at radius 1 is 0.369 bits per heavy atom. The fourth-order valence-corrected chi connectivity index (χ4v) is 11.0. The molecule has 0 heterocycles. The number of fused-ring (bicyclic) bond motifs is 4. The highest BCUT2D eigenvalue weighted by atomic mass is 15.1. The summed E-state index contributed by atoms with van der Waals surface area (Å²) in [4.78, 5) is 5.07. The van der Waals surface area contributed by atoms with Crippen LogP contribution in [0.1, 0.15) is 175 Å². The van der Waals surface area contributed by atoms with E-state index >= 15 is 0 Å². The SMILES string of the molecule is CCCCCCCCC1(CCCCCCCC)c2cc(N(c3ccc(C)cc3)c3ccc(CCCCCC)cc3)ccc2-c2ccc(N(c3ccc(C)cc3)c3ccc4c(c3)CC4)cc21. The molecule has 2 aliphatic rings. The van der Waals surface area contributed by atoms with Crippen molar-refractivity contribution < 1.29 is 0 Å². The first-order valence-corrected chi connectivity index (χ1v) is 26.2. The topological polar surface area (TPSA) is 6.48 Å². The van der Waals surface area contributed by atoms with Gasteiger partial charge in [0.15, 0.2) is 0 Å². The number of rotatable bonds is 25. The summed E-state index contributed by atoms with van der Waals surface area (Å²) in [5.41, 5.74) is 20.4. The standard InChI is InChI=1S/C63H78N2/c1-6-9-12-15-17-20-43-63(44-21-18-16-13-10-7-2)61-46-57(64(53-32-23-48(4)24-33-53)55-36-27-50(28-37-55)22-19-14-11-8-3)39-41-59(61)60-42-40-58(47-62(60)63)65(54-34-25-49(5)26-35-54)56-38-31-51-29-30-52(51)45-56/h23-28,31-42,45-47H,6-22,29-30,43-44H2,1-5H3. The van der Waals surface area contributed by atoms with Gasteiger partial charge in [0, 0.05) is 39.5 Å². The molecule has 65 heavy (non-hydrogen) atoms. The van der Waals surface area contributed by atoms with Gasteiger partial charge in [0.25, 0.3) is 0 Å². The number of hydrogen-bond donors (Lipinski definition) is 0. The highest BCUT2D eigenvalue weighted by Crippen LogP contribution is 2.57. The predicted molar refractivity (Wildman–Crippen MR) is 283 cm³/mol. The summed E-state index contributed by atoms with van der Waals surface area (Å²) in [6.07, 6.45) is 26.8. The predicted octanol–water partition coefficient (Wildman–Crippen LogP) is 19.2. The van der Waals surface area contributed by atoms with E-state index in [9.17, 15) is 0 Å². The van der Waals surface area contributed by atoms with Crippen LogP contribution in [0.5, 0.6) is 0 Å². The molecule has 8 rings (SSSR count). The van der Waals surface area contributed by atoms with Crippen LogP contribution in [0.25, 0.3) is 11.1 Å². The molecule has 0 aliphatic heterocycles. The second kappa shape index (κ2) is 22.4.